The molecule has 2 aromatic rings. The highest BCUT2D eigenvalue weighted by Crippen LogP contribution is 2.22. The quantitative estimate of drug-likeness (QED) is 0.598. The monoisotopic (exact) mass is 289 g/mol. The zero-order valence-electron chi connectivity index (χ0n) is 11.3. The van der Waals surface area contributed by atoms with Gasteiger partial charge in [-0.1, -0.05) is 17.7 Å². The number of carbonyl (C=O) groups is 1. The summed E-state index contributed by atoms with van der Waals surface area (Å²) >= 11 is 5.92. The van der Waals surface area contributed by atoms with E-state index in [1.807, 2.05) is 32.0 Å². The molecule has 0 aliphatic heterocycles. The number of anilines is 2. The number of rotatable bonds is 3. The van der Waals surface area contributed by atoms with Crippen LogP contribution in [0.5, 0.6) is 0 Å². The molecule has 0 fully saturated rings. The maximum absolute atomic E-state index is 12.3. The Morgan fingerprint density at radius 1 is 1.10 bits per heavy atom. The Morgan fingerprint density at radius 2 is 1.85 bits per heavy atom. The number of nitrogen functional groups attached to an aromatic ring is 1. The van der Waals surface area contributed by atoms with Crippen LogP contribution in [0.15, 0.2) is 36.4 Å². The lowest BCUT2D eigenvalue weighted by Gasteiger charge is -2.11. The summed E-state index contributed by atoms with van der Waals surface area (Å²) in [6.07, 6.45) is 0. The minimum absolute atomic E-state index is 0.260. The van der Waals surface area contributed by atoms with Gasteiger partial charge in [0.15, 0.2) is 0 Å². The minimum Gasteiger partial charge on any atom is -0.323 e. The van der Waals surface area contributed by atoms with Crippen molar-refractivity contribution >= 4 is 28.9 Å². The molecule has 1 amide bonds. The van der Waals surface area contributed by atoms with Gasteiger partial charge in [-0.3, -0.25) is 10.6 Å². The largest absolute Gasteiger partial charge is 0.323 e. The zero-order chi connectivity index (χ0) is 14.7. The smallest absolute Gasteiger partial charge is 0.257 e. The summed E-state index contributed by atoms with van der Waals surface area (Å²) in [6, 6.07) is 10.7. The van der Waals surface area contributed by atoms with E-state index in [0.717, 1.165) is 11.3 Å². The molecular formula is C15H16ClN3O. The van der Waals surface area contributed by atoms with Crippen molar-refractivity contribution in [2.75, 3.05) is 10.7 Å². The van der Waals surface area contributed by atoms with Gasteiger partial charge in [-0.25, -0.2) is 0 Å². The summed E-state index contributed by atoms with van der Waals surface area (Å²) in [5.41, 5.74) is 6.45. The van der Waals surface area contributed by atoms with E-state index in [-0.39, 0.29) is 5.91 Å². The van der Waals surface area contributed by atoms with Crippen LogP contribution in [-0.4, -0.2) is 5.91 Å². The maximum atomic E-state index is 12.3. The number of nitrogens with two attached hydrogens (primary N) is 1. The van der Waals surface area contributed by atoms with Crippen LogP contribution in [0.4, 0.5) is 11.4 Å². The summed E-state index contributed by atoms with van der Waals surface area (Å²) in [4.78, 5) is 12.3. The molecular weight excluding hydrogens is 274 g/mol. The molecule has 0 saturated heterocycles. The standard InChI is InChI=1S/C15H16ClN3O/c1-9-3-5-12(7-10(9)2)18-15(20)13-8-11(16)4-6-14(13)19-17/h3-8,19H,17H2,1-2H3,(H,18,20). The second kappa shape index (κ2) is 5.94. The molecule has 0 saturated carbocycles. The van der Waals surface area contributed by atoms with Crippen molar-refractivity contribution in [1.82, 2.24) is 0 Å². The van der Waals surface area contributed by atoms with E-state index < -0.39 is 0 Å². The third kappa shape index (κ3) is 3.10. The Morgan fingerprint density at radius 3 is 2.50 bits per heavy atom. The lowest BCUT2D eigenvalue weighted by atomic mass is 10.1. The molecule has 0 spiro atoms. The van der Waals surface area contributed by atoms with Crippen LogP contribution in [0.3, 0.4) is 0 Å². The molecule has 104 valence electrons. The number of aryl methyl sites for hydroxylation is 2. The van der Waals surface area contributed by atoms with E-state index in [1.165, 1.54) is 5.56 Å². The predicted molar refractivity (Wildman–Crippen MR) is 83.1 cm³/mol. The fourth-order valence-corrected chi connectivity index (χ4v) is 2.02. The van der Waals surface area contributed by atoms with Gasteiger partial charge in [-0.05, 0) is 55.3 Å². The molecule has 0 radical (unpaired) electrons. The van der Waals surface area contributed by atoms with Crippen molar-refractivity contribution in [3.05, 3.63) is 58.1 Å². The Labute approximate surface area is 122 Å². The molecule has 2 aromatic carbocycles. The van der Waals surface area contributed by atoms with Crippen LogP contribution in [-0.2, 0) is 0 Å². The van der Waals surface area contributed by atoms with Crippen LogP contribution in [0.2, 0.25) is 5.02 Å². The van der Waals surface area contributed by atoms with E-state index in [2.05, 4.69) is 10.7 Å². The highest BCUT2D eigenvalue weighted by atomic mass is 35.5. The topological polar surface area (TPSA) is 67.2 Å². The molecule has 0 heterocycles. The molecule has 5 heteroatoms. The first kappa shape index (κ1) is 14.4. The van der Waals surface area contributed by atoms with Crippen molar-refractivity contribution in [1.29, 1.82) is 0 Å². The number of nitrogens with one attached hydrogen (secondary N) is 2. The summed E-state index contributed by atoms with van der Waals surface area (Å²) in [7, 11) is 0. The zero-order valence-corrected chi connectivity index (χ0v) is 12.1. The molecule has 2 rings (SSSR count). The van der Waals surface area contributed by atoms with E-state index >= 15 is 0 Å². The van der Waals surface area contributed by atoms with Crippen molar-refractivity contribution in [2.24, 2.45) is 5.84 Å². The summed E-state index contributed by atoms with van der Waals surface area (Å²) in [5, 5.41) is 3.32. The fourth-order valence-electron chi connectivity index (χ4n) is 1.85. The number of benzene rings is 2. The highest BCUT2D eigenvalue weighted by molar-refractivity contribution is 6.31. The van der Waals surface area contributed by atoms with Crippen LogP contribution in [0.25, 0.3) is 0 Å². The van der Waals surface area contributed by atoms with E-state index in [9.17, 15) is 4.79 Å². The van der Waals surface area contributed by atoms with Gasteiger partial charge >= 0.3 is 0 Å². The van der Waals surface area contributed by atoms with Gasteiger partial charge in [0, 0.05) is 10.7 Å². The van der Waals surface area contributed by atoms with Crippen molar-refractivity contribution < 1.29 is 4.79 Å². The normalized spacial score (nSPS) is 10.2. The fraction of sp³-hybridized carbons (Fsp3) is 0.133. The van der Waals surface area contributed by atoms with Gasteiger partial charge in [-0.2, -0.15) is 0 Å². The second-order valence-electron chi connectivity index (χ2n) is 4.59. The SMILES string of the molecule is Cc1ccc(NC(=O)c2cc(Cl)ccc2NN)cc1C. The van der Waals surface area contributed by atoms with Crippen LogP contribution < -0.4 is 16.6 Å². The first-order valence-electron chi connectivity index (χ1n) is 6.16. The Balaban J connectivity index is 2.27. The number of carbonyl (C=O) groups excluding carboxylic acids is 1. The van der Waals surface area contributed by atoms with Crippen molar-refractivity contribution in [2.45, 2.75) is 13.8 Å². The summed E-state index contributed by atoms with van der Waals surface area (Å²) in [6.45, 7) is 4.02. The number of amides is 1. The molecule has 0 aliphatic rings. The van der Waals surface area contributed by atoms with Gasteiger partial charge in [0.05, 0.1) is 11.3 Å². The van der Waals surface area contributed by atoms with Gasteiger partial charge < -0.3 is 10.7 Å². The third-order valence-electron chi connectivity index (χ3n) is 3.15. The lowest BCUT2D eigenvalue weighted by Crippen LogP contribution is -2.17. The maximum Gasteiger partial charge on any atom is 0.257 e. The molecule has 20 heavy (non-hydrogen) atoms. The van der Waals surface area contributed by atoms with E-state index in [0.29, 0.717) is 16.3 Å². The number of hydrogen-bond acceptors (Lipinski definition) is 3. The first-order chi connectivity index (χ1) is 9.51. The molecule has 0 bridgehead atoms. The average molecular weight is 290 g/mol. The Hall–Kier alpha value is -2.04. The number of hydrazine groups is 1. The summed E-state index contributed by atoms with van der Waals surface area (Å²) < 4.78 is 0. The highest BCUT2D eigenvalue weighted by Gasteiger charge is 2.12. The van der Waals surface area contributed by atoms with Gasteiger partial charge in [0.1, 0.15) is 0 Å². The first-order valence-corrected chi connectivity index (χ1v) is 6.54. The molecule has 0 aliphatic carbocycles. The number of halogens is 1. The minimum atomic E-state index is -0.260. The average Bonchev–Trinajstić information content (AvgIpc) is 2.43. The third-order valence-corrected chi connectivity index (χ3v) is 3.38. The number of hydrogen-bond donors (Lipinski definition) is 3. The Bertz CT molecular complexity index is 656. The van der Waals surface area contributed by atoms with Gasteiger partial charge in [0.25, 0.3) is 5.91 Å². The molecule has 4 nitrogen and oxygen atoms in total. The van der Waals surface area contributed by atoms with Crippen molar-refractivity contribution in [3.63, 3.8) is 0 Å². The van der Waals surface area contributed by atoms with Gasteiger partial charge in [-0.15, -0.1) is 0 Å². The van der Waals surface area contributed by atoms with Crippen LogP contribution in [0, 0.1) is 13.8 Å². The lowest BCUT2D eigenvalue weighted by molar-refractivity contribution is 0.102. The Kier molecular flexibility index (Phi) is 4.27. The molecule has 0 atom stereocenters. The summed E-state index contributed by atoms with van der Waals surface area (Å²) in [5.74, 6) is 5.14. The van der Waals surface area contributed by atoms with Crippen LogP contribution >= 0.6 is 11.6 Å². The van der Waals surface area contributed by atoms with Crippen molar-refractivity contribution in [3.8, 4) is 0 Å². The predicted octanol–water partition coefficient (Wildman–Crippen LogP) is 3.49. The molecule has 0 unspecified atom stereocenters. The second-order valence-corrected chi connectivity index (χ2v) is 5.02. The van der Waals surface area contributed by atoms with Crippen LogP contribution in [0.1, 0.15) is 21.5 Å². The van der Waals surface area contributed by atoms with Gasteiger partial charge in [0.2, 0.25) is 0 Å². The van der Waals surface area contributed by atoms with E-state index in [4.69, 9.17) is 17.4 Å². The van der Waals surface area contributed by atoms with E-state index in [1.54, 1.807) is 18.2 Å². The molecule has 4 N–H and O–H groups in total. The molecule has 0 aromatic heterocycles.